The summed E-state index contributed by atoms with van der Waals surface area (Å²) in [6.45, 7) is 11.4. The molecule has 2 N–H and O–H groups in total. The third-order valence-electron chi connectivity index (χ3n) is 10.9. The van der Waals surface area contributed by atoms with E-state index in [1.807, 2.05) is 48.5 Å². The van der Waals surface area contributed by atoms with Crippen molar-refractivity contribution in [3.8, 4) is 0 Å². The molecule has 2 aromatic rings. The summed E-state index contributed by atoms with van der Waals surface area (Å²) in [6, 6.07) is 15.5. The van der Waals surface area contributed by atoms with E-state index in [0.29, 0.717) is 104 Å². The molecule has 2 aromatic carbocycles. The Labute approximate surface area is 397 Å². The van der Waals surface area contributed by atoms with Crippen molar-refractivity contribution in [2.75, 3.05) is 92.3 Å². The van der Waals surface area contributed by atoms with Gasteiger partial charge in [-0.25, -0.2) is 0 Å². The number of nitrogens with one attached hydrogen (secondary N) is 1. The molecule has 0 spiro atoms. The van der Waals surface area contributed by atoms with E-state index in [1.165, 1.54) is 20.8 Å². The Balaban J connectivity index is 1.25. The van der Waals surface area contributed by atoms with Crippen LogP contribution in [0, 0.1) is 0 Å². The number of hydrogen-bond donors (Lipinski definition) is 2. The summed E-state index contributed by atoms with van der Waals surface area (Å²) in [7, 11) is 0. The van der Waals surface area contributed by atoms with Crippen LogP contribution in [0.1, 0.15) is 75.2 Å². The summed E-state index contributed by atoms with van der Waals surface area (Å²) >= 11 is 5.73. The summed E-state index contributed by atoms with van der Waals surface area (Å²) in [6.07, 6.45) is -6.44. The molecule has 0 aliphatic carbocycles. The van der Waals surface area contributed by atoms with Gasteiger partial charge in [0.15, 0.2) is 24.6 Å². The quantitative estimate of drug-likeness (QED) is 0.158. The van der Waals surface area contributed by atoms with Crippen LogP contribution < -0.4 is 5.32 Å². The van der Waals surface area contributed by atoms with Gasteiger partial charge in [-0.3, -0.25) is 24.1 Å². The SMILES string of the molecule is CC(=O)OC[C@H]1O[C@@H](CC(=S)NCc2ccc(C3O[C@H](CN4CCOCCOCCOCCOCCOCC4)C[C@H](c4ccc(CO)cc4)O3)cc2)[C@H](OC(C)=O)[C@@H](OC(C)=O)[C@@H]1OC(C)=O. The van der Waals surface area contributed by atoms with Gasteiger partial charge in [0.05, 0.1) is 89.9 Å². The molecule has 372 valence electrons. The second-order valence-electron chi connectivity index (χ2n) is 16.2. The zero-order chi connectivity index (χ0) is 48.0. The first-order valence-corrected chi connectivity index (χ1v) is 23.1. The van der Waals surface area contributed by atoms with Gasteiger partial charge in [0.1, 0.15) is 18.8 Å². The van der Waals surface area contributed by atoms with Gasteiger partial charge in [0.2, 0.25) is 0 Å². The fraction of sp³-hybridized carbons (Fsp3) is 0.638. The Bertz CT molecular complexity index is 1820. The molecule has 5 rings (SSSR count). The van der Waals surface area contributed by atoms with Crippen LogP contribution in [0.2, 0.25) is 0 Å². The van der Waals surface area contributed by atoms with Crippen LogP contribution in [-0.2, 0) is 89.2 Å². The predicted octanol–water partition coefficient (Wildman–Crippen LogP) is 3.06. The lowest BCUT2D eigenvalue weighted by Crippen LogP contribution is -2.62. The minimum atomic E-state index is -1.29. The molecular weight excluding hydrogens is 897 g/mol. The molecule has 3 heterocycles. The minimum absolute atomic E-state index is 0.00619. The van der Waals surface area contributed by atoms with Gasteiger partial charge in [-0.1, -0.05) is 60.7 Å². The number of benzene rings is 2. The van der Waals surface area contributed by atoms with Gasteiger partial charge in [-0.15, -0.1) is 0 Å². The average molecular weight is 963 g/mol. The number of carbonyl (C=O) groups is 4. The maximum Gasteiger partial charge on any atom is 0.303 e. The molecular formula is C47H66N2O17S. The van der Waals surface area contributed by atoms with E-state index in [0.717, 1.165) is 29.2 Å². The summed E-state index contributed by atoms with van der Waals surface area (Å²) in [5, 5.41) is 12.9. The van der Waals surface area contributed by atoms with E-state index in [4.69, 9.17) is 69.1 Å². The Morgan fingerprint density at radius 3 is 1.64 bits per heavy atom. The smallest absolute Gasteiger partial charge is 0.303 e. The topological polar surface area (TPSA) is 215 Å². The summed E-state index contributed by atoms with van der Waals surface area (Å²) in [4.78, 5) is 51.0. The van der Waals surface area contributed by atoms with Crippen LogP contribution in [0.25, 0.3) is 0 Å². The molecule has 20 heteroatoms. The van der Waals surface area contributed by atoms with Crippen molar-refractivity contribution in [2.24, 2.45) is 0 Å². The number of nitrogens with zero attached hydrogens (tertiary/aromatic N) is 1. The molecule has 3 fully saturated rings. The first kappa shape index (κ1) is 53.8. The second kappa shape index (κ2) is 29.0. The van der Waals surface area contributed by atoms with Crippen molar-refractivity contribution >= 4 is 41.1 Å². The van der Waals surface area contributed by atoms with Crippen LogP contribution >= 0.6 is 12.2 Å². The second-order valence-corrected chi connectivity index (χ2v) is 16.7. The van der Waals surface area contributed by atoms with Crippen LogP contribution in [-0.4, -0.2) is 168 Å². The number of esters is 4. The van der Waals surface area contributed by atoms with Crippen molar-refractivity contribution in [1.82, 2.24) is 10.2 Å². The van der Waals surface area contributed by atoms with Crippen molar-refractivity contribution in [1.29, 1.82) is 0 Å². The Hall–Kier alpha value is -4.19. The molecule has 0 saturated carbocycles. The molecule has 0 amide bonds. The zero-order valence-electron chi connectivity index (χ0n) is 38.8. The van der Waals surface area contributed by atoms with Gasteiger partial charge in [0, 0.05) is 72.3 Å². The largest absolute Gasteiger partial charge is 0.463 e. The Kier molecular flexibility index (Phi) is 23.3. The molecule has 3 saturated heterocycles. The van der Waals surface area contributed by atoms with E-state index in [2.05, 4.69) is 10.2 Å². The van der Waals surface area contributed by atoms with Crippen molar-refractivity contribution in [3.05, 3.63) is 70.8 Å². The minimum Gasteiger partial charge on any atom is -0.463 e. The maximum atomic E-state index is 12.3. The van der Waals surface area contributed by atoms with Gasteiger partial charge in [-0.2, -0.15) is 0 Å². The van der Waals surface area contributed by atoms with Crippen LogP contribution in [0.5, 0.6) is 0 Å². The fourth-order valence-corrected chi connectivity index (χ4v) is 7.95. The van der Waals surface area contributed by atoms with Crippen LogP contribution in [0.15, 0.2) is 48.5 Å². The van der Waals surface area contributed by atoms with E-state index in [-0.39, 0.29) is 31.8 Å². The summed E-state index contributed by atoms with van der Waals surface area (Å²) in [5.74, 6) is -2.73. The number of hydrogen-bond acceptors (Lipinski definition) is 19. The Morgan fingerprint density at radius 2 is 1.12 bits per heavy atom. The lowest BCUT2D eigenvalue weighted by atomic mass is 9.92. The van der Waals surface area contributed by atoms with E-state index >= 15 is 0 Å². The number of rotatable bonds is 14. The highest BCUT2D eigenvalue weighted by molar-refractivity contribution is 7.80. The van der Waals surface area contributed by atoms with Crippen molar-refractivity contribution < 1.29 is 81.1 Å². The van der Waals surface area contributed by atoms with E-state index in [9.17, 15) is 24.3 Å². The highest BCUT2D eigenvalue weighted by Gasteiger charge is 2.52. The first-order chi connectivity index (χ1) is 32.4. The third kappa shape index (κ3) is 19.0. The fourth-order valence-electron chi connectivity index (χ4n) is 7.71. The molecule has 19 nitrogen and oxygen atoms in total. The molecule has 0 aromatic heterocycles. The monoisotopic (exact) mass is 962 g/mol. The molecule has 0 radical (unpaired) electrons. The molecule has 67 heavy (non-hydrogen) atoms. The summed E-state index contributed by atoms with van der Waals surface area (Å²) < 4.78 is 70.0. The van der Waals surface area contributed by atoms with Crippen molar-refractivity contribution in [2.45, 2.75) is 103 Å². The highest BCUT2D eigenvalue weighted by atomic mass is 32.1. The van der Waals surface area contributed by atoms with Gasteiger partial charge < -0.3 is 67.3 Å². The number of aliphatic hydroxyl groups excluding tert-OH is 1. The number of thiocarbonyl (C=S) groups is 1. The number of carbonyl (C=O) groups excluding carboxylic acids is 4. The first-order valence-electron chi connectivity index (χ1n) is 22.7. The van der Waals surface area contributed by atoms with Crippen LogP contribution in [0.4, 0.5) is 0 Å². The average Bonchev–Trinajstić information content (AvgIpc) is 3.29. The van der Waals surface area contributed by atoms with Gasteiger partial charge in [0.25, 0.3) is 0 Å². The molecule has 1 unspecified atom stereocenters. The lowest BCUT2D eigenvalue weighted by Gasteiger charge is -2.44. The van der Waals surface area contributed by atoms with E-state index in [1.54, 1.807) is 0 Å². The molecule has 0 bridgehead atoms. The Morgan fingerprint density at radius 1 is 0.627 bits per heavy atom. The molecule has 8 atom stereocenters. The number of aliphatic hydroxyl groups is 1. The highest BCUT2D eigenvalue weighted by Crippen LogP contribution is 2.38. The van der Waals surface area contributed by atoms with Crippen LogP contribution in [0.3, 0.4) is 0 Å². The third-order valence-corrected chi connectivity index (χ3v) is 11.2. The molecule has 3 aliphatic rings. The van der Waals surface area contributed by atoms with Crippen molar-refractivity contribution in [3.63, 3.8) is 0 Å². The lowest BCUT2D eigenvalue weighted by molar-refractivity contribution is -0.253. The number of ether oxygens (including phenoxy) is 12. The summed E-state index contributed by atoms with van der Waals surface area (Å²) in [5.41, 5.74) is 3.46. The normalized spacial score (nSPS) is 26.5. The zero-order valence-corrected chi connectivity index (χ0v) is 39.6. The van der Waals surface area contributed by atoms with Gasteiger partial charge in [-0.05, 0) is 16.7 Å². The standard InChI is InChI=1S/C47H66N2O17S/c1-31(51)60-30-42-45(62-33(3)53)46(63-34(4)54)44(61-32(2)52)41(65-42)26-43(67)48-27-35-5-11-38(12-6-35)47-64-39(25-40(66-47)37-9-7-36(29-50)8-10-37)28-49-13-15-55-17-19-57-21-23-59-24-22-58-20-18-56-16-14-49/h5-12,39-42,44-47,50H,13-30H2,1-4H3,(H,48,67)/t39-,40+,41-,42+,44-,45+,46+,47?/m0/s1. The predicted molar refractivity (Wildman–Crippen MR) is 241 cm³/mol. The molecule has 3 aliphatic heterocycles. The maximum absolute atomic E-state index is 12.3. The van der Waals surface area contributed by atoms with E-state index < -0.39 is 60.7 Å². The van der Waals surface area contributed by atoms with Gasteiger partial charge >= 0.3 is 23.9 Å².